The highest BCUT2D eigenvalue weighted by atomic mass is 16.6. The summed E-state index contributed by atoms with van der Waals surface area (Å²) in [5, 5.41) is 17.4. The van der Waals surface area contributed by atoms with Crippen LogP contribution in [0.1, 0.15) is 10.4 Å². The molecule has 0 amide bonds. The lowest BCUT2D eigenvalue weighted by molar-refractivity contribution is -0.384. The smallest absolute Gasteiger partial charge is 0.349 e. The SMILES string of the molecule is O=C(Oc1ccc([N+](=O)[O-])cc1)c1c(-c2ccccc2)c(-c2ccccc2)n[nH]c1=O. The first-order valence-corrected chi connectivity index (χ1v) is 9.25. The zero-order valence-corrected chi connectivity index (χ0v) is 16.0. The van der Waals surface area contributed by atoms with E-state index in [0.29, 0.717) is 22.4 Å². The van der Waals surface area contributed by atoms with Gasteiger partial charge < -0.3 is 4.74 Å². The van der Waals surface area contributed by atoms with E-state index in [1.807, 2.05) is 36.4 Å². The highest BCUT2D eigenvalue weighted by molar-refractivity contribution is 6.01. The van der Waals surface area contributed by atoms with Crippen LogP contribution in [0.4, 0.5) is 5.69 Å². The van der Waals surface area contributed by atoms with Crippen LogP contribution in [0.2, 0.25) is 0 Å². The van der Waals surface area contributed by atoms with Gasteiger partial charge in [-0.15, -0.1) is 0 Å². The van der Waals surface area contributed by atoms with Crippen LogP contribution in [0, 0.1) is 10.1 Å². The molecule has 4 rings (SSSR count). The van der Waals surface area contributed by atoms with Crippen molar-refractivity contribution in [3.05, 3.63) is 111 Å². The number of hydrogen-bond donors (Lipinski definition) is 1. The maximum atomic E-state index is 13.0. The summed E-state index contributed by atoms with van der Waals surface area (Å²) < 4.78 is 5.36. The Bertz CT molecular complexity index is 1300. The number of rotatable bonds is 5. The number of non-ortho nitro benzene ring substituents is 1. The maximum Gasteiger partial charge on any atom is 0.349 e. The number of nitro benzene ring substituents is 1. The second kappa shape index (κ2) is 8.42. The molecule has 8 nitrogen and oxygen atoms in total. The summed E-state index contributed by atoms with van der Waals surface area (Å²) in [4.78, 5) is 36.0. The molecule has 0 saturated heterocycles. The average Bonchev–Trinajstić information content (AvgIpc) is 2.80. The quantitative estimate of drug-likeness (QED) is 0.227. The number of ether oxygens (including phenoxy) is 1. The van der Waals surface area contributed by atoms with E-state index in [0.717, 1.165) is 0 Å². The van der Waals surface area contributed by atoms with Crippen molar-refractivity contribution in [2.45, 2.75) is 0 Å². The third-order valence-electron chi connectivity index (χ3n) is 4.56. The molecule has 1 heterocycles. The van der Waals surface area contributed by atoms with Gasteiger partial charge in [0.2, 0.25) is 0 Å². The minimum absolute atomic E-state index is 0.0760. The molecule has 1 aromatic heterocycles. The number of H-pyrrole nitrogens is 1. The number of benzene rings is 3. The number of aromatic nitrogens is 2. The Balaban J connectivity index is 1.84. The van der Waals surface area contributed by atoms with E-state index in [-0.39, 0.29) is 17.0 Å². The van der Waals surface area contributed by atoms with E-state index in [1.165, 1.54) is 24.3 Å². The highest BCUT2D eigenvalue weighted by Crippen LogP contribution is 2.32. The number of hydrogen-bond acceptors (Lipinski definition) is 6. The predicted octanol–water partition coefficient (Wildman–Crippen LogP) is 4.23. The van der Waals surface area contributed by atoms with Crippen molar-refractivity contribution in [3.8, 4) is 28.1 Å². The van der Waals surface area contributed by atoms with Gasteiger partial charge in [-0.3, -0.25) is 14.9 Å². The van der Waals surface area contributed by atoms with E-state index in [1.54, 1.807) is 24.3 Å². The predicted molar refractivity (Wildman–Crippen MR) is 114 cm³/mol. The number of carbonyl (C=O) groups excluding carboxylic acids is 1. The van der Waals surface area contributed by atoms with Gasteiger partial charge in [0, 0.05) is 23.3 Å². The molecule has 0 aliphatic carbocycles. The molecule has 0 aliphatic heterocycles. The molecule has 0 radical (unpaired) electrons. The Hall–Kier alpha value is -4.59. The van der Waals surface area contributed by atoms with Gasteiger partial charge in [-0.1, -0.05) is 60.7 Å². The monoisotopic (exact) mass is 413 g/mol. The fraction of sp³-hybridized carbons (Fsp3) is 0. The van der Waals surface area contributed by atoms with Crippen LogP contribution in [0.25, 0.3) is 22.4 Å². The summed E-state index contributed by atoms with van der Waals surface area (Å²) in [6.45, 7) is 0. The third kappa shape index (κ3) is 4.08. The molecule has 0 saturated carbocycles. The molecular weight excluding hydrogens is 398 g/mol. The van der Waals surface area contributed by atoms with Gasteiger partial charge in [-0.05, 0) is 17.7 Å². The van der Waals surface area contributed by atoms with Gasteiger partial charge in [0.1, 0.15) is 11.3 Å². The molecule has 0 unspecified atom stereocenters. The molecular formula is C23H15N3O5. The van der Waals surface area contributed by atoms with E-state index in [9.17, 15) is 19.7 Å². The molecule has 0 atom stereocenters. The Morgan fingerprint density at radius 3 is 2.03 bits per heavy atom. The van der Waals surface area contributed by atoms with Crippen LogP contribution >= 0.6 is 0 Å². The zero-order valence-electron chi connectivity index (χ0n) is 16.0. The van der Waals surface area contributed by atoms with Crippen LogP contribution in [-0.2, 0) is 0 Å². The normalized spacial score (nSPS) is 10.5. The molecule has 31 heavy (non-hydrogen) atoms. The van der Waals surface area contributed by atoms with Crippen molar-refractivity contribution in [1.29, 1.82) is 0 Å². The van der Waals surface area contributed by atoms with Gasteiger partial charge in [0.25, 0.3) is 11.2 Å². The second-order valence-electron chi connectivity index (χ2n) is 6.52. The van der Waals surface area contributed by atoms with Crippen molar-refractivity contribution in [2.75, 3.05) is 0 Å². The number of nitrogens with one attached hydrogen (secondary N) is 1. The van der Waals surface area contributed by atoms with E-state index in [4.69, 9.17) is 4.74 Å². The van der Waals surface area contributed by atoms with Crippen LogP contribution < -0.4 is 10.3 Å². The minimum atomic E-state index is -0.895. The number of nitrogens with zero attached hydrogens (tertiary/aromatic N) is 2. The van der Waals surface area contributed by atoms with Gasteiger partial charge in [0.15, 0.2) is 0 Å². The standard InChI is InChI=1S/C23H15N3O5/c27-22-20(23(28)31-18-13-11-17(12-14-18)26(29)30)19(15-7-3-1-4-8-15)21(24-25-22)16-9-5-2-6-10-16/h1-14H,(H,25,27). The van der Waals surface area contributed by atoms with Gasteiger partial charge in [-0.2, -0.15) is 5.10 Å². The molecule has 0 fully saturated rings. The Labute approximate surface area is 175 Å². The molecule has 3 aromatic carbocycles. The summed E-state index contributed by atoms with van der Waals surface area (Å²) in [7, 11) is 0. The minimum Gasteiger partial charge on any atom is -0.423 e. The van der Waals surface area contributed by atoms with Crippen LogP contribution in [0.15, 0.2) is 89.7 Å². The van der Waals surface area contributed by atoms with E-state index in [2.05, 4.69) is 10.2 Å². The summed E-state index contributed by atoms with van der Waals surface area (Å²) in [6.07, 6.45) is 0. The van der Waals surface area contributed by atoms with Gasteiger partial charge >= 0.3 is 5.97 Å². The number of nitro groups is 1. The molecule has 4 aromatic rings. The van der Waals surface area contributed by atoms with E-state index >= 15 is 0 Å². The van der Waals surface area contributed by atoms with Crippen LogP contribution in [-0.4, -0.2) is 21.1 Å². The van der Waals surface area contributed by atoms with Crippen molar-refractivity contribution in [3.63, 3.8) is 0 Å². The lowest BCUT2D eigenvalue weighted by Gasteiger charge is -2.13. The average molecular weight is 413 g/mol. The van der Waals surface area contributed by atoms with Crippen molar-refractivity contribution in [1.82, 2.24) is 10.2 Å². The first-order valence-electron chi connectivity index (χ1n) is 9.25. The first-order chi connectivity index (χ1) is 15.0. The van der Waals surface area contributed by atoms with Crippen LogP contribution in [0.3, 0.4) is 0 Å². The summed E-state index contributed by atoms with van der Waals surface area (Å²) in [6, 6.07) is 23.1. The van der Waals surface area contributed by atoms with E-state index < -0.39 is 16.5 Å². The Morgan fingerprint density at radius 2 is 1.45 bits per heavy atom. The van der Waals surface area contributed by atoms with Gasteiger partial charge in [-0.25, -0.2) is 9.89 Å². The fourth-order valence-electron chi connectivity index (χ4n) is 3.13. The van der Waals surface area contributed by atoms with Gasteiger partial charge in [0.05, 0.1) is 10.6 Å². The molecule has 0 aliphatic rings. The second-order valence-corrected chi connectivity index (χ2v) is 6.52. The van der Waals surface area contributed by atoms with Crippen LogP contribution in [0.5, 0.6) is 5.75 Å². The third-order valence-corrected chi connectivity index (χ3v) is 4.56. The van der Waals surface area contributed by atoms with Crippen molar-refractivity contribution < 1.29 is 14.5 Å². The fourth-order valence-corrected chi connectivity index (χ4v) is 3.13. The lowest BCUT2D eigenvalue weighted by atomic mass is 9.95. The first kappa shape index (κ1) is 19.7. The lowest BCUT2D eigenvalue weighted by Crippen LogP contribution is -2.24. The summed E-state index contributed by atoms with van der Waals surface area (Å²) in [5.74, 6) is -0.819. The van der Waals surface area contributed by atoms with Crippen molar-refractivity contribution >= 4 is 11.7 Å². The number of carbonyl (C=O) groups is 1. The maximum absolute atomic E-state index is 13.0. The summed E-state index contributed by atoms with van der Waals surface area (Å²) >= 11 is 0. The topological polar surface area (TPSA) is 115 Å². The number of esters is 1. The Morgan fingerprint density at radius 1 is 0.871 bits per heavy atom. The highest BCUT2D eigenvalue weighted by Gasteiger charge is 2.24. The largest absolute Gasteiger partial charge is 0.423 e. The molecule has 1 N–H and O–H groups in total. The molecule has 152 valence electrons. The molecule has 0 spiro atoms. The summed E-state index contributed by atoms with van der Waals surface area (Å²) in [5.41, 5.74) is 1.03. The number of aromatic amines is 1. The molecule has 0 bridgehead atoms. The van der Waals surface area contributed by atoms with Crippen molar-refractivity contribution in [2.24, 2.45) is 0 Å². The zero-order chi connectivity index (χ0) is 21.8. The Kier molecular flexibility index (Phi) is 5.35. The molecule has 8 heteroatoms.